The van der Waals surface area contributed by atoms with Crippen molar-refractivity contribution in [2.75, 3.05) is 5.73 Å². The van der Waals surface area contributed by atoms with Crippen molar-refractivity contribution in [2.24, 2.45) is 0 Å². The van der Waals surface area contributed by atoms with Gasteiger partial charge in [-0.25, -0.2) is 0 Å². The van der Waals surface area contributed by atoms with Crippen molar-refractivity contribution in [3.8, 4) is 0 Å². The number of hydrogen-bond acceptors (Lipinski definition) is 2. The van der Waals surface area contributed by atoms with Gasteiger partial charge in [-0.1, -0.05) is 42.5 Å². The lowest BCUT2D eigenvalue weighted by atomic mass is 9.71. The minimum atomic E-state index is -0.161. The number of rotatable bonds is 4. The molecule has 0 aromatic heterocycles. The van der Waals surface area contributed by atoms with E-state index in [2.05, 4.69) is 17.4 Å². The van der Waals surface area contributed by atoms with Crippen molar-refractivity contribution >= 4 is 11.6 Å². The van der Waals surface area contributed by atoms with Gasteiger partial charge in [0.2, 0.25) is 5.91 Å². The molecule has 2 aromatic carbocycles. The van der Waals surface area contributed by atoms with Gasteiger partial charge in [-0.3, -0.25) is 4.79 Å². The van der Waals surface area contributed by atoms with Gasteiger partial charge in [0.05, 0.1) is 12.0 Å². The fraction of sp³-hybridized carbons (Fsp3) is 0.278. The van der Waals surface area contributed by atoms with Crippen molar-refractivity contribution < 1.29 is 4.79 Å². The summed E-state index contributed by atoms with van der Waals surface area (Å²) in [7, 11) is 0. The zero-order valence-electron chi connectivity index (χ0n) is 12.0. The van der Waals surface area contributed by atoms with Gasteiger partial charge < -0.3 is 11.1 Å². The molecule has 0 atom stereocenters. The van der Waals surface area contributed by atoms with Crippen LogP contribution in [0.1, 0.15) is 30.4 Å². The predicted octanol–water partition coefficient (Wildman–Crippen LogP) is 3.01. The van der Waals surface area contributed by atoms with Crippen molar-refractivity contribution in [3.05, 3.63) is 65.7 Å². The number of anilines is 1. The molecule has 1 amide bonds. The molecule has 3 heteroatoms. The van der Waals surface area contributed by atoms with Crippen molar-refractivity contribution in [2.45, 2.75) is 31.2 Å². The molecule has 0 heterocycles. The second-order valence-corrected chi connectivity index (χ2v) is 5.77. The lowest BCUT2D eigenvalue weighted by Gasteiger charge is -2.43. The quantitative estimate of drug-likeness (QED) is 0.846. The average Bonchev–Trinajstić information content (AvgIpc) is 2.46. The molecule has 1 aliphatic carbocycles. The number of benzene rings is 2. The molecule has 0 saturated heterocycles. The highest BCUT2D eigenvalue weighted by atomic mass is 16.1. The van der Waals surface area contributed by atoms with Gasteiger partial charge in [0.1, 0.15) is 0 Å². The van der Waals surface area contributed by atoms with Crippen molar-refractivity contribution in [1.82, 2.24) is 5.32 Å². The van der Waals surface area contributed by atoms with Gasteiger partial charge >= 0.3 is 0 Å². The van der Waals surface area contributed by atoms with Crippen molar-refractivity contribution in [1.29, 1.82) is 0 Å². The van der Waals surface area contributed by atoms with Crippen LogP contribution in [0.15, 0.2) is 54.6 Å². The molecule has 2 aromatic rings. The zero-order valence-corrected chi connectivity index (χ0v) is 12.0. The number of nitrogen functional groups attached to an aromatic ring is 1. The maximum Gasteiger partial charge on any atom is 0.225 e. The Morgan fingerprint density at radius 1 is 1.05 bits per heavy atom. The number of carbonyl (C=O) groups excluding carboxylic acids is 1. The molecule has 3 N–H and O–H groups in total. The van der Waals surface area contributed by atoms with E-state index in [0.717, 1.165) is 30.5 Å². The fourth-order valence-electron chi connectivity index (χ4n) is 2.91. The van der Waals surface area contributed by atoms with E-state index in [4.69, 9.17) is 5.73 Å². The maximum absolute atomic E-state index is 12.3. The highest BCUT2D eigenvalue weighted by Gasteiger charge is 2.39. The topological polar surface area (TPSA) is 55.1 Å². The second-order valence-electron chi connectivity index (χ2n) is 5.77. The molecule has 0 radical (unpaired) electrons. The molecule has 1 aliphatic rings. The van der Waals surface area contributed by atoms with Crippen LogP contribution in [-0.4, -0.2) is 5.91 Å². The average molecular weight is 280 g/mol. The van der Waals surface area contributed by atoms with Gasteiger partial charge in [0, 0.05) is 5.69 Å². The van der Waals surface area contributed by atoms with Crippen LogP contribution >= 0.6 is 0 Å². The van der Waals surface area contributed by atoms with E-state index in [1.807, 2.05) is 42.5 Å². The first-order valence-electron chi connectivity index (χ1n) is 7.39. The van der Waals surface area contributed by atoms with E-state index in [1.165, 1.54) is 5.56 Å². The Labute approximate surface area is 125 Å². The van der Waals surface area contributed by atoms with Crippen LogP contribution in [0.25, 0.3) is 0 Å². The highest BCUT2D eigenvalue weighted by molar-refractivity contribution is 5.79. The Kier molecular flexibility index (Phi) is 3.65. The van der Waals surface area contributed by atoms with Crippen LogP contribution in [0.3, 0.4) is 0 Å². The Balaban J connectivity index is 1.70. The van der Waals surface area contributed by atoms with E-state index in [-0.39, 0.29) is 11.4 Å². The Morgan fingerprint density at radius 3 is 2.29 bits per heavy atom. The summed E-state index contributed by atoms with van der Waals surface area (Å²) in [5.74, 6) is 0.0725. The summed E-state index contributed by atoms with van der Waals surface area (Å²) in [5, 5.41) is 3.24. The summed E-state index contributed by atoms with van der Waals surface area (Å²) in [6.45, 7) is 0. The fourth-order valence-corrected chi connectivity index (χ4v) is 2.91. The molecule has 108 valence electrons. The molecule has 0 unspecified atom stereocenters. The highest BCUT2D eigenvalue weighted by Crippen LogP contribution is 2.41. The number of nitrogens with one attached hydrogen (secondary N) is 1. The number of nitrogens with two attached hydrogens (primary N) is 1. The normalized spacial score (nSPS) is 16.0. The van der Waals surface area contributed by atoms with Crippen LogP contribution < -0.4 is 11.1 Å². The summed E-state index contributed by atoms with van der Waals surface area (Å²) >= 11 is 0. The molecular weight excluding hydrogens is 260 g/mol. The third-order valence-corrected chi connectivity index (χ3v) is 4.26. The maximum atomic E-state index is 12.3. The number of carbonyl (C=O) groups is 1. The van der Waals surface area contributed by atoms with Crippen molar-refractivity contribution in [3.63, 3.8) is 0 Å². The van der Waals surface area contributed by atoms with E-state index >= 15 is 0 Å². The monoisotopic (exact) mass is 280 g/mol. The van der Waals surface area contributed by atoms with Crippen LogP contribution in [0, 0.1) is 0 Å². The molecule has 1 saturated carbocycles. The summed E-state index contributed by atoms with van der Waals surface area (Å²) < 4.78 is 0. The minimum absolute atomic E-state index is 0.0725. The van der Waals surface area contributed by atoms with Gasteiger partial charge in [-0.2, -0.15) is 0 Å². The van der Waals surface area contributed by atoms with Gasteiger partial charge in [0.25, 0.3) is 0 Å². The molecular formula is C18H20N2O. The van der Waals surface area contributed by atoms with Gasteiger partial charge in [0.15, 0.2) is 0 Å². The largest absolute Gasteiger partial charge is 0.399 e. The third kappa shape index (κ3) is 2.92. The molecule has 0 spiro atoms. The Morgan fingerprint density at radius 2 is 1.71 bits per heavy atom. The van der Waals surface area contributed by atoms with Crippen LogP contribution in [0.2, 0.25) is 0 Å². The second kappa shape index (κ2) is 5.60. The molecule has 0 aliphatic heterocycles. The lowest BCUT2D eigenvalue weighted by Crippen LogP contribution is -2.51. The predicted molar refractivity (Wildman–Crippen MR) is 84.7 cm³/mol. The van der Waals surface area contributed by atoms with E-state index in [1.54, 1.807) is 0 Å². The standard InChI is InChI=1S/C18H20N2O/c19-16-9-7-14(8-10-16)13-17(21)20-18(11-4-12-18)15-5-2-1-3-6-15/h1-3,5-10H,4,11-13,19H2,(H,20,21). The SMILES string of the molecule is Nc1ccc(CC(=O)NC2(c3ccccc3)CCC2)cc1. The van der Waals surface area contributed by atoms with Crippen LogP contribution in [0.4, 0.5) is 5.69 Å². The Hall–Kier alpha value is -2.29. The molecule has 3 nitrogen and oxygen atoms in total. The summed E-state index contributed by atoms with van der Waals surface area (Å²) in [5.41, 5.74) is 8.43. The van der Waals surface area contributed by atoms with Crippen LogP contribution in [-0.2, 0) is 16.8 Å². The number of hydrogen-bond donors (Lipinski definition) is 2. The smallest absolute Gasteiger partial charge is 0.225 e. The first-order valence-corrected chi connectivity index (χ1v) is 7.39. The Bertz CT molecular complexity index is 615. The van der Waals surface area contributed by atoms with Crippen LogP contribution in [0.5, 0.6) is 0 Å². The van der Waals surface area contributed by atoms with Gasteiger partial charge in [-0.05, 0) is 42.5 Å². The first-order chi connectivity index (χ1) is 10.2. The lowest BCUT2D eigenvalue weighted by molar-refractivity contribution is -0.123. The van der Waals surface area contributed by atoms with E-state index < -0.39 is 0 Å². The summed E-state index contributed by atoms with van der Waals surface area (Å²) in [6, 6.07) is 17.7. The van der Waals surface area contributed by atoms with E-state index in [9.17, 15) is 4.79 Å². The van der Waals surface area contributed by atoms with Gasteiger partial charge in [-0.15, -0.1) is 0 Å². The summed E-state index contributed by atoms with van der Waals surface area (Å²) in [4.78, 5) is 12.3. The van der Waals surface area contributed by atoms with E-state index in [0.29, 0.717) is 6.42 Å². The number of amides is 1. The molecule has 0 bridgehead atoms. The first kappa shape index (κ1) is 13.7. The zero-order chi connectivity index (χ0) is 14.7. The third-order valence-electron chi connectivity index (χ3n) is 4.26. The minimum Gasteiger partial charge on any atom is -0.399 e. The summed E-state index contributed by atoms with van der Waals surface area (Å²) in [6.07, 6.45) is 3.60. The molecule has 3 rings (SSSR count). The molecule has 21 heavy (non-hydrogen) atoms. The molecule has 1 fully saturated rings.